The summed E-state index contributed by atoms with van der Waals surface area (Å²) >= 11 is 0. The molecule has 0 radical (unpaired) electrons. The lowest BCUT2D eigenvalue weighted by atomic mass is 10.1. The maximum absolute atomic E-state index is 12.1. The third kappa shape index (κ3) is 3.05. The van der Waals surface area contributed by atoms with E-state index in [2.05, 4.69) is 9.71 Å². The number of aryl methyl sites for hydroxylation is 1. The Morgan fingerprint density at radius 3 is 2.95 bits per heavy atom. The van der Waals surface area contributed by atoms with E-state index in [1.807, 2.05) is 17.7 Å². The van der Waals surface area contributed by atoms with E-state index in [1.165, 1.54) is 0 Å². The number of nitrogens with zero attached hydrogens (tertiary/aromatic N) is 2. The van der Waals surface area contributed by atoms with Crippen LogP contribution in [0.3, 0.4) is 0 Å². The summed E-state index contributed by atoms with van der Waals surface area (Å²) in [4.78, 5) is 4.33. The van der Waals surface area contributed by atoms with E-state index in [0.29, 0.717) is 18.9 Å². The molecule has 6 nitrogen and oxygen atoms in total. The van der Waals surface area contributed by atoms with Gasteiger partial charge in [0.15, 0.2) is 0 Å². The van der Waals surface area contributed by atoms with Gasteiger partial charge in [0.2, 0.25) is 10.0 Å². The summed E-state index contributed by atoms with van der Waals surface area (Å²) in [5.74, 6) is 1.41. The summed E-state index contributed by atoms with van der Waals surface area (Å²) in [6.45, 7) is 3.40. The fraction of sp³-hybridized carbons (Fsp3) is 0.769. The maximum Gasteiger partial charge on any atom is 0.212 e. The van der Waals surface area contributed by atoms with Crippen LogP contribution in [-0.4, -0.2) is 36.4 Å². The molecule has 1 aliphatic carbocycles. The van der Waals surface area contributed by atoms with Crippen LogP contribution >= 0.6 is 0 Å². The van der Waals surface area contributed by atoms with Crippen LogP contribution in [0.4, 0.5) is 0 Å². The lowest BCUT2D eigenvalue weighted by Gasteiger charge is -2.20. The van der Waals surface area contributed by atoms with Crippen LogP contribution in [0.1, 0.15) is 38.1 Å². The standard InChI is InChI=1S/C13H21N3O3S/c1-2-16-7-6-14-13(16)12-11(5-8-19-12)15-20(17,18)9-10-3-4-10/h6-7,10-12,15H,2-5,8-9H2,1H3/t11-,12-/m0/s1. The first-order valence-corrected chi connectivity index (χ1v) is 8.87. The first kappa shape index (κ1) is 14.0. The van der Waals surface area contributed by atoms with E-state index in [9.17, 15) is 8.42 Å². The van der Waals surface area contributed by atoms with Crippen molar-refractivity contribution in [3.8, 4) is 0 Å². The fourth-order valence-electron chi connectivity index (χ4n) is 2.68. The molecule has 0 aromatic carbocycles. The lowest BCUT2D eigenvalue weighted by Crippen LogP contribution is -2.39. The predicted octanol–water partition coefficient (Wildman–Crippen LogP) is 1.06. The molecule has 1 aliphatic heterocycles. The molecule has 1 saturated carbocycles. The number of aromatic nitrogens is 2. The van der Waals surface area contributed by atoms with Crippen LogP contribution in [-0.2, 0) is 21.3 Å². The molecule has 3 rings (SSSR count). The molecule has 0 spiro atoms. The number of hydrogen-bond acceptors (Lipinski definition) is 4. The van der Waals surface area contributed by atoms with Gasteiger partial charge in [-0.1, -0.05) is 0 Å². The van der Waals surface area contributed by atoms with Gasteiger partial charge in [-0.25, -0.2) is 18.1 Å². The highest BCUT2D eigenvalue weighted by atomic mass is 32.2. The summed E-state index contributed by atoms with van der Waals surface area (Å²) in [6.07, 6.45) is 6.12. The Labute approximate surface area is 119 Å². The monoisotopic (exact) mass is 299 g/mol. The van der Waals surface area contributed by atoms with Gasteiger partial charge < -0.3 is 9.30 Å². The van der Waals surface area contributed by atoms with Gasteiger partial charge in [-0.05, 0) is 32.1 Å². The third-order valence-corrected chi connectivity index (χ3v) is 5.49. The first-order chi connectivity index (χ1) is 9.59. The second-order valence-corrected chi connectivity index (χ2v) is 7.40. The minimum absolute atomic E-state index is 0.202. The summed E-state index contributed by atoms with van der Waals surface area (Å²) in [5.41, 5.74) is 0. The van der Waals surface area contributed by atoms with Gasteiger partial charge in [0.25, 0.3) is 0 Å². The largest absolute Gasteiger partial charge is 0.369 e. The van der Waals surface area contributed by atoms with Crippen molar-refractivity contribution in [3.63, 3.8) is 0 Å². The van der Waals surface area contributed by atoms with Crippen LogP contribution in [0.5, 0.6) is 0 Å². The van der Waals surface area contributed by atoms with Crippen molar-refractivity contribution in [1.82, 2.24) is 14.3 Å². The molecule has 0 unspecified atom stereocenters. The van der Waals surface area contributed by atoms with Gasteiger partial charge in [-0.2, -0.15) is 0 Å². The number of rotatable bonds is 6. The molecule has 1 N–H and O–H groups in total. The Morgan fingerprint density at radius 1 is 1.45 bits per heavy atom. The number of hydrogen-bond donors (Lipinski definition) is 1. The van der Waals surface area contributed by atoms with Gasteiger partial charge in [0, 0.05) is 25.5 Å². The smallest absolute Gasteiger partial charge is 0.212 e. The van der Waals surface area contributed by atoms with Crippen molar-refractivity contribution in [2.45, 2.75) is 44.9 Å². The second-order valence-electron chi connectivity index (χ2n) is 5.60. The summed E-state index contributed by atoms with van der Waals surface area (Å²) in [7, 11) is -3.21. The molecule has 1 saturated heterocycles. The van der Waals surface area contributed by atoms with Crippen molar-refractivity contribution >= 4 is 10.0 Å². The Hall–Kier alpha value is -0.920. The van der Waals surface area contributed by atoms with Crippen molar-refractivity contribution in [1.29, 1.82) is 0 Å². The molecule has 112 valence electrons. The van der Waals surface area contributed by atoms with Gasteiger partial charge in [0.1, 0.15) is 11.9 Å². The minimum atomic E-state index is -3.21. The molecule has 2 heterocycles. The molecule has 0 amide bonds. The van der Waals surface area contributed by atoms with Crippen LogP contribution in [0, 0.1) is 5.92 Å². The average Bonchev–Trinajstić information content (AvgIpc) is 2.91. The number of nitrogens with one attached hydrogen (secondary N) is 1. The topological polar surface area (TPSA) is 73.2 Å². The van der Waals surface area contributed by atoms with E-state index < -0.39 is 10.0 Å². The van der Waals surface area contributed by atoms with Crippen LogP contribution < -0.4 is 4.72 Å². The quantitative estimate of drug-likeness (QED) is 0.852. The number of ether oxygens (including phenoxy) is 1. The van der Waals surface area contributed by atoms with Crippen LogP contribution in [0.2, 0.25) is 0 Å². The van der Waals surface area contributed by atoms with Crippen molar-refractivity contribution < 1.29 is 13.2 Å². The third-order valence-electron chi connectivity index (χ3n) is 3.92. The molecule has 2 fully saturated rings. The Balaban J connectivity index is 1.72. The highest BCUT2D eigenvalue weighted by Crippen LogP contribution is 2.32. The summed E-state index contributed by atoms with van der Waals surface area (Å²) < 4.78 is 34.7. The fourth-order valence-corrected chi connectivity index (χ4v) is 4.44. The first-order valence-electron chi connectivity index (χ1n) is 7.21. The Morgan fingerprint density at radius 2 is 2.25 bits per heavy atom. The highest BCUT2D eigenvalue weighted by molar-refractivity contribution is 7.89. The molecule has 7 heteroatoms. The van der Waals surface area contributed by atoms with E-state index >= 15 is 0 Å². The molecule has 2 atom stereocenters. The minimum Gasteiger partial charge on any atom is -0.369 e. The lowest BCUT2D eigenvalue weighted by molar-refractivity contribution is 0.0925. The zero-order valence-electron chi connectivity index (χ0n) is 11.7. The molecular formula is C13H21N3O3S. The van der Waals surface area contributed by atoms with Crippen molar-refractivity contribution in [2.24, 2.45) is 5.92 Å². The summed E-state index contributed by atoms with van der Waals surface area (Å²) in [5, 5.41) is 0. The highest BCUT2D eigenvalue weighted by Gasteiger charge is 2.37. The Bertz CT molecular complexity index is 565. The van der Waals surface area contributed by atoms with Gasteiger partial charge in [0.05, 0.1) is 11.8 Å². The van der Waals surface area contributed by atoms with Crippen LogP contribution in [0.25, 0.3) is 0 Å². The molecule has 0 bridgehead atoms. The molecule has 1 aromatic rings. The molecule has 2 aliphatic rings. The van der Waals surface area contributed by atoms with E-state index in [1.54, 1.807) is 6.20 Å². The van der Waals surface area contributed by atoms with Gasteiger partial charge in [-0.15, -0.1) is 0 Å². The molecule has 1 aromatic heterocycles. The second kappa shape index (κ2) is 5.46. The van der Waals surface area contributed by atoms with Gasteiger partial charge in [-0.3, -0.25) is 0 Å². The van der Waals surface area contributed by atoms with Gasteiger partial charge >= 0.3 is 0 Å². The molecular weight excluding hydrogens is 278 g/mol. The predicted molar refractivity (Wildman–Crippen MR) is 74.6 cm³/mol. The van der Waals surface area contributed by atoms with Crippen molar-refractivity contribution in [2.75, 3.05) is 12.4 Å². The van der Waals surface area contributed by atoms with E-state index in [0.717, 1.165) is 25.2 Å². The Kier molecular flexibility index (Phi) is 3.83. The normalized spacial score (nSPS) is 27.1. The molecule has 20 heavy (non-hydrogen) atoms. The number of sulfonamides is 1. The summed E-state index contributed by atoms with van der Waals surface area (Å²) in [6, 6.07) is -0.202. The SMILES string of the molecule is CCn1ccnc1[C@H]1OCC[C@@H]1NS(=O)(=O)CC1CC1. The van der Waals surface area contributed by atoms with E-state index in [4.69, 9.17) is 4.74 Å². The number of imidazole rings is 1. The maximum atomic E-state index is 12.1. The van der Waals surface area contributed by atoms with Crippen molar-refractivity contribution in [3.05, 3.63) is 18.2 Å². The van der Waals surface area contributed by atoms with E-state index in [-0.39, 0.29) is 17.9 Å². The zero-order valence-corrected chi connectivity index (χ0v) is 12.5. The van der Waals surface area contributed by atoms with Crippen LogP contribution in [0.15, 0.2) is 12.4 Å². The average molecular weight is 299 g/mol. The zero-order chi connectivity index (χ0) is 14.2.